The molecular formula is C14H18ClF3N2. The molecule has 1 heterocycles. The average molecular weight is 307 g/mol. The highest BCUT2D eigenvalue weighted by molar-refractivity contribution is 5.86. The molecule has 0 bridgehead atoms. The second-order valence-electron chi connectivity index (χ2n) is 4.97. The van der Waals surface area contributed by atoms with Crippen LogP contribution in [0, 0.1) is 0 Å². The van der Waals surface area contributed by atoms with Gasteiger partial charge >= 0.3 is 6.18 Å². The average Bonchev–Trinajstić information content (AvgIpc) is 2.68. The number of H-pyrrole nitrogens is 1. The van der Waals surface area contributed by atoms with Gasteiger partial charge in [-0.05, 0) is 42.1 Å². The predicted octanol–water partition coefficient (Wildman–Crippen LogP) is 4.23. The van der Waals surface area contributed by atoms with E-state index in [0.29, 0.717) is 10.9 Å². The fraction of sp³-hybridized carbons (Fsp3) is 0.429. The van der Waals surface area contributed by atoms with Gasteiger partial charge in [0.2, 0.25) is 0 Å². The molecule has 1 aromatic carbocycles. The van der Waals surface area contributed by atoms with Crippen molar-refractivity contribution in [1.82, 2.24) is 4.98 Å². The first-order valence-electron chi connectivity index (χ1n) is 6.26. The third kappa shape index (κ3) is 3.10. The lowest BCUT2D eigenvalue weighted by Gasteiger charge is -2.08. The summed E-state index contributed by atoms with van der Waals surface area (Å²) in [5, 5.41) is 0.629. The molecule has 2 aromatic rings. The van der Waals surface area contributed by atoms with Crippen LogP contribution in [-0.4, -0.2) is 11.5 Å². The van der Waals surface area contributed by atoms with Gasteiger partial charge in [-0.1, -0.05) is 19.9 Å². The summed E-state index contributed by atoms with van der Waals surface area (Å²) in [4.78, 5) is 2.47. The van der Waals surface area contributed by atoms with Crippen LogP contribution in [0.4, 0.5) is 13.2 Å². The summed E-state index contributed by atoms with van der Waals surface area (Å²) in [6, 6.07) is 5.40. The Labute approximate surface area is 122 Å². The number of aromatic amines is 1. The Morgan fingerprint density at radius 1 is 1.25 bits per heavy atom. The molecule has 0 saturated carbocycles. The van der Waals surface area contributed by atoms with Crippen molar-refractivity contribution in [2.24, 2.45) is 5.73 Å². The maximum absolute atomic E-state index is 13.0. The first kappa shape index (κ1) is 16.9. The topological polar surface area (TPSA) is 41.8 Å². The highest BCUT2D eigenvalue weighted by Crippen LogP contribution is 2.36. The van der Waals surface area contributed by atoms with E-state index < -0.39 is 11.9 Å². The predicted molar refractivity (Wildman–Crippen MR) is 77.4 cm³/mol. The zero-order valence-corrected chi connectivity index (χ0v) is 12.2. The summed E-state index contributed by atoms with van der Waals surface area (Å²) in [6.45, 7) is 4.23. The van der Waals surface area contributed by atoms with Crippen LogP contribution in [0.15, 0.2) is 18.2 Å². The van der Waals surface area contributed by atoms with Gasteiger partial charge in [-0.15, -0.1) is 12.4 Å². The molecule has 3 N–H and O–H groups in total. The third-order valence-corrected chi connectivity index (χ3v) is 3.27. The molecule has 20 heavy (non-hydrogen) atoms. The van der Waals surface area contributed by atoms with Crippen molar-refractivity contribution in [3.05, 3.63) is 35.0 Å². The first-order chi connectivity index (χ1) is 8.84. The van der Waals surface area contributed by atoms with Crippen molar-refractivity contribution in [3.63, 3.8) is 0 Å². The Hall–Kier alpha value is -1.20. The van der Waals surface area contributed by atoms with Gasteiger partial charge in [0.1, 0.15) is 5.69 Å². The minimum Gasteiger partial charge on any atom is -0.351 e. The maximum atomic E-state index is 13.0. The van der Waals surface area contributed by atoms with Crippen LogP contribution in [0.3, 0.4) is 0 Å². The second-order valence-corrected chi connectivity index (χ2v) is 4.97. The Bertz CT molecular complexity index is 588. The van der Waals surface area contributed by atoms with Gasteiger partial charge in [0.05, 0.1) is 0 Å². The largest absolute Gasteiger partial charge is 0.431 e. The van der Waals surface area contributed by atoms with Crippen LogP contribution < -0.4 is 5.73 Å². The van der Waals surface area contributed by atoms with E-state index in [-0.39, 0.29) is 36.9 Å². The quantitative estimate of drug-likeness (QED) is 0.875. The number of nitrogens with two attached hydrogens (primary N) is 1. The van der Waals surface area contributed by atoms with Crippen LogP contribution >= 0.6 is 12.4 Å². The molecule has 2 rings (SSSR count). The van der Waals surface area contributed by atoms with Crippen molar-refractivity contribution in [3.8, 4) is 0 Å². The van der Waals surface area contributed by atoms with Crippen LogP contribution in [0.1, 0.15) is 36.6 Å². The molecule has 0 saturated heterocycles. The molecule has 0 spiro atoms. The molecule has 112 valence electrons. The molecule has 0 aliphatic heterocycles. The third-order valence-electron chi connectivity index (χ3n) is 3.27. The summed E-state index contributed by atoms with van der Waals surface area (Å²) in [7, 11) is 0. The maximum Gasteiger partial charge on any atom is 0.431 e. The number of fused-ring (bicyclic) bond motifs is 1. The summed E-state index contributed by atoms with van der Waals surface area (Å²) >= 11 is 0. The van der Waals surface area contributed by atoms with Crippen molar-refractivity contribution in [2.75, 3.05) is 6.54 Å². The van der Waals surface area contributed by atoms with Crippen molar-refractivity contribution in [1.29, 1.82) is 0 Å². The standard InChI is InChI=1S/C14H17F3N2.ClH/c1-8(2)9-3-4-12-11(7-9)10(5-6-18)13(19-12)14(15,16)17;/h3-4,7-8,19H,5-6,18H2,1-2H3;1H. The fourth-order valence-corrected chi connectivity index (χ4v) is 2.27. The van der Waals surface area contributed by atoms with Crippen molar-refractivity contribution >= 4 is 23.3 Å². The number of benzene rings is 1. The highest BCUT2D eigenvalue weighted by Gasteiger charge is 2.36. The highest BCUT2D eigenvalue weighted by atomic mass is 35.5. The Balaban J connectivity index is 0.00000200. The Morgan fingerprint density at radius 2 is 1.90 bits per heavy atom. The summed E-state index contributed by atoms with van der Waals surface area (Å²) < 4.78 is 39.0. The molecule has 0 unspecified atom stereocenters. The van der Waals surface area contributed by atoms with Crippen molar-refractivity contribution < 1.29 is 13.2 Å². The van der Waals surface area contributed by atoms with E-state index in [9.17, 15) is 13.2 Å². The molecule has 2 nitrogen and oxygen atoms in total. The minimum absolute atomic E-state index is 0. The van der Waals surface area contributed by atoms with E-state index in [1.165, 1.54) is 0 Å². The Kier molecular flexibility index (Phi) is 5.10. The van der Waals surface area contributed by atoms with Gasteiger partial charge in [-0.25, -0.2) is 0 Å². The lowest BCUT2D eigenvalue weighted by Crippen LogP contribution is -2.11. The summed E-state index contributed by atoms with van der Waals surface area (Å²) in [6.07, 6.45) is -4.15. The number of aromatic nitrogens is 1. The normalized spacial score (nSPS) is 11.9. The second kappa shape index (κ2) is 6.06. The molecule has 0 aliphatic carbocycles. The molecular weight excluding hydrogens is 289 g/mol. The Morgan fingerprint density at radius 3 is 2.40 bits per heavy atom. The number of hydrogen-bond donors (Lipinski definition) is 2. The van der Waals surface area contributed by atoms with Gasteiger partial charge in [0, 0.05) is 10.9 Å². The van der Waals surface area contributed by atoms with Crippen molar-refractivity contribution in [2.45, 2.75) is 32.4 Å². The summed E-state index contributed by atoms with van der Waals surface area (Å²) in [5.41, 5.74) is 6.58. The van der Waals surface area contributed by atoms with Gasteiger partial charge in [-0.3, -0.25) is 0 Å². The molecule has 0 amide bonds. The number of nitrogens with one attached hydrogen (secondary N) is 1. The number of alkyl halides is 3. The minimum atomic E-state index is -4.37. The van der Waals surface area contributed by atoms with E-state index in [1.807, 2.05) is 26.0 Å². The zero-order valence-electron chi connectivity index (χ0n) is 11.3. The molecule has 0 atom stereocenters. The monoisotopic (exact) mass is 306 g/mol. The fourth-order valence-electron chi connectivity index (χ4n) is 2.27. The van der Waals surface area contributed by atoms with Gasteiger partial charge in [0.25, 0.3) is 0 Å². The molecule has 0 radical (unpaired) electrons. The van der Waals surface area contributed by atoms with E-state index in [2.05, 4.69) is 4.98 Å². The molecule has 1 aromatic heterocycles. The number of rotatable bonds is 3. The SMILES string of the molecule is CC(C)c1ccc2[nH]c(C(F)(F)F)c(CCN)c2c1.Cl. The van der Waals surface area contributed by atoms with Crippen LogP contribution in [0.2, 0.25) is 0 Å². The first-order valence-corrected chi connectivity index (χ1v) is 6.26. The zero-order chi connectivity index (χ0) is 14.2. The van der Waals surface area contributed by atoms with Crippen LogP contribution in [0.5, 0.6) is 0 Å². The van der Waals surface area contributed by atoms with Gasteiger partial charge < -0.3 is 10.7 Å². The van der Waals surface area contributed by atoms with E-state index in [1.54, 1.807) is 6.07 Å². The molecule has 0 aliphatic rings. The van der Waals surface area contributed by atoms with E-state index >= 15 is 0 Å². The number of hydrogen-bond acceptors (Lipinski definition) is 1. The smallest absolute Gasteiger partial charge is 0.351 e. The van der Waals surface area contributed by atoms with Gasteiger partial charge in [0.15, 0.2) is 0 Å². The van der Waals surface area contributed by atoms with E-state index in [4.69, 9.17) is 5.73 Å². The lowest BCUT2D eigenvalue weighted by molar-refractivity contribution is -0.141. The number of halogens is 4. The summed E-state index contributed by atoms with van der Waals surface area (Å²) in [5.74, 6) is 0.277. The van der Waals surface area contributed by atoms with Crippen LogP contribution in [-0.2, 0) is 12.6 Å². The van der Waals surface area contributed by atoms with Gasteiger partial charge in [-0.2, -0.15) is 13.2 Å². The molecule has 6 heteroatoms. The van der Waals surface area contributed by atoms with E-state index in [0.717, 1.165) is 5.56 Å². The van der Waals surface area contributed by atoms with Crippen LogP contribution in [0.25, 0.3) is 10.9 Å². The lowest BCUT2D eigenvalue weighted by atomic mass is 9.99. The molecule has 0 fully saturated rings.